The molecule has 0 atom stereocenters. The number of carbonyl (C=O) groups is 3. The van der Waals surface area contributed by atoms with Gasteiger partial charge in [0.1, 0.15) is 5.92 Å². The number of imide groups is 2. The molecule has 0 radical (unpaired) electrons. The molecule has 0 aromatic rings. The van der Waals surface area contributed by atoms with Crippen molar-refractivity contribution in [1.82, 2.24) is 10.6 Å². The highest BCUT2D eigenvalue weighted by molar-refractivity contribution is 6.16. The Labute approximate surface area is 82.2 Å². The summed E-state index contributed by atoms with van der Waals surface area (Å²) in [5.74, 6) is -1.77. The maximum atomic E-state index is 11.3. The number of hydrogen-bond donors (Lipinski definition) is 2. The minimum Gasteiger partial charge on any atom is -0.277 e. The van der Waals surface area contributed by atoms with E-state index in [1.807, 2.05) is 20.8 Å². The molecule has 1 heterocycles. The lowest BCUT2D eigenvalue weighted by atomic mass is 9.83. The van der Waals surface area contributed by atoms with E-state index in [-0.39, 0.29) is 5.41 Å². The first-order chi connectivity index (χ1) is 6.29. The summed E-state index contributed by atoms with van der Waals surface area (Å²) in [5, 5.41) is 4.15. The van der Waals surface area contributed by atoms with Gasteiger partial charge in [0, 0.05) is 0 Å². The second-order valence-electron chi connectivity index (χ2n) is 4.62. The first-order valence-corrected chi connectivity index (χ1v) is 4.45. The smallest absolute Gasteiger partial charge is 0.277 e. The second kappa shape index (κ2) is 3.40. The van der Waals surface area contributed by atoms with E-state index in [9.17, 15) is 14.4 Å². The lowest BCUT2D eigenvalue weighted by molar-refractivity contribution is -0.137. The molecule has 0 spiro atoms. The van der Waals surface area contributed by atoms with Gasteiger partial charge in [0.05, 0.1) is 0 Å². The van der Waals surface area contributed by atoms with Crippen LogP contribution in [0.15, 0.2) is 0 Å². The predicted octanol–water partition coefficient (Wildman–Crippen LogP) is 0.405. The third-order valence-electron chi connectivity index (χ3n) is 1.92. The lowest BCUT2D eigenvalue weighted by Gasteiger charge is -2.26. The van der Waals surface area contributed by atoms with Crippen molar-refractivity contribution in [2.45, 2.75) is 27.2 Å². The van der Waals surface area contributed by atoms with Crippen molar-refractivity contribution in [3.05, 3.63) is 0 Å². The first kappa shape index (κ1) is 10.7. The van der Waals surface area contributed by atoms with Crippen LogP contribution < -0.4 is 10.6 Å². The molecule has 0 unspecified atom stereocenters. The Hall–Kier alpha value is -1.39. The van der Waals surface area contributed by atoms with E-state index < -0.39 is 23.8 Å². The fourth-order valence-corrected chi connectivity index (χ4v) is 1.35. The van der Waals surface area contributed by atoms with Crippen molar-refractivity contribution >= 4 is 17.8 Å². The molecule has 1 rings (SSSR count). The molecule has 4 amide bonds. The van der Waals surface area contributed by atoms with Gasteiger partial charge in [-0.1, -0.05) is 20.8 Å². The molecule has 78 valence electrons. The van der Waals surface area contributed by atoms with Gasteiger partial charge in [-0.2, -0.15) is 0 Å². The quantitative estimate of drug-likeness (QED) is 0.599. The van der Waals surface area contributed by atoms with Crippen molar-refractivity contribution in [1.29, 1.82) is 0 Å². The molecule has 0 aliphatic carbocycles. The van der Waals surface area contributed by atoms with Crippen LogP contribution in [0.3, 0.4) is 0 Å². The number of hydrogen-bond acceptors (Lipinski definition) is 3. The summed E-state index contributed by atoms with van der Waals surface area (Å²) in [4.78, 5) is 33.3. The molecular weight excluding hydrogens is 184 g/mol. The van der Waals surface area contributed by atoms with E-state index in [1.54, 1.807) is 0 Å². The summed E-state index contributed by atoms with van der Waals surface area (Å²) in [5.41, 5.74) is -0.125. The second-order valence-corrected chi connectivity index (χ2v) is 4.62. The van der Waals surface area contributed by atoms with Crippen molar-refractivity contribution < 1.29 is 14.4 Å². The van der Waals surface area contributed by atoms with Gasteiger partial charge < -0.3 is 0 Å². The normalized spacial score (nSPS) is 19.2. The van der Waals surface area contributed by atoms with E-state index in [0.29, 0.717) is 6.42 Å². The van der Waals surface area contributed by atoms with E-state index in [2.05, 4.69) is 10.6 Å². The maximum Gasteiger partial charge on any atom is 0.328 e. The van der Waals surface area contributed by atoms with Crippen molar-refractivity contribution in [3.8, 4) is 0 Å². The summed E-state index contributed by atoms with van der Waals surface area (Å²) < 4.78 is 0. The third-order valence-corrected chi connectivity index (χ3v) is 1.92. The molecule has 1 aliphatic rings. The summed E-state index contributed by atoms with van der Waals surface area (Å²) in [6.45, 7) is 5.80. The Kier molecular flexibility index (Phi) is 2.59. The Morgan fingerprint density at radius 2 is 1.50 bits per heavy atom. The lowest BCUT2D eigenvalue weighted by Crippen LogP contribution is -2.56. The number of urea groups is 1. The number of carbonyl (C=O) groups excluding carboxylic acids is 3. The SMILES string of the molecule is CC(C)(C)CC1C(=O)NC(=O)NC1=O. The van der Waals surface area contributed by atoms with Crippen molar-refractivity contribution in [2.75, 3.05) is 0 Å². The van der Waals surface area contributed by atoms with Gasteiger partial charge in [0.15, 0.2) is 0 Å². The third kappa shape index (κ3) is 2.55. The van der Waals surface area contributed by atoms with Crippen LogP contribution in [0.5, 0.6) is 0 Å². The van der Waals surface area contributed by atoms with Gasteiger partial charge in [-0.3, -0.25) is 20.2 Å². The van der Waals surface area contributed by atoms with Gasteiger partial charge >= 0.3 is 6.03 Å². The topological polar surface area (TPSA) is 75.3 Å². The van der Waals surface area contributed by atoms with Crippen LogP contribution in [0.4, 0.5) is 4.79 Å². The molecule has 5 nitrogen and oxygen atoms in total. The van der Waals surface area contributed by atoms with E-state index >= 15 is 0 Å². The molecule has 0 saturated carbocycles. The van der Waals surface area contributed by atoms with Gasteiger partial charge in [-0.15, -0.1) is 0 Å². The van der Waals surface area contributed by atoms with E-state index in [1.165, 1.54) is 0 Å². The molecule has 1 fully saturated rings. The molecule has 5 heteroatoms. The number of amides is 4. The van der Waals surface area contributed by atoms with Crippen LogP contribution in [0.25, 0.3) is 0 Å². The highest BCUT2D eigenvalue weighted by Crippen LogP contribution is 2.25. The first-order valence-electron chi connectivity index (χ1n) is 4.45. The highest BCUT2D eigenvalue weighted by Gasteiger charge is 2.36. The Bertz CT molecular complexity index is 271. The zero-order valence-electron chi connectivity index (χ0n) is 8.51. The monoisotopic (exact) mass is 198 g/mol. The van der Waals surface area contributed by atoms with E-state index in [4.69, 9.17) is 0 Å². The van der Waals surface area contributed by atoms with Crippen LogP contribution >= 0.6 is 0 Å². The zero-order valence-corrected chi connectivity index (χ0v) is 8.51. The molecule has 2 N–H and O–H groups in total. The van der Waals surface area contributed by atoms with E-state index in [0.717, 1.165) is 0 Å². The van der Waals surface area contributed by atoms with Gasteiger partial charge in [0.25, 0.3) is 0 Å². The molecular formula is C9H14N2O3. The van der Waals surface area contributed by atoms with Crippen LogP contribution in [0.2, 0.25) is 0 Å². The van der Waals surface area contributed by atoms with Gasteiger partial charge in [-0.25, -0.2) is 4.79 Å². The summed E-state index contributed by atoms with van der Waals surface area (Å²) in [6.07, 6.45) is 0.429. The van der Waals surface area contributed by atoms with Crippen LogP contribution in [-0.2, 0) is 9.59 Å². The average molecular weight is 198 g/mol. The maximum absolute atomic E-state index is 11.3. The standard InChI is InChI=1S/C9H14N2O3/c1-9(2,3)4-5-6(12)10-8(14)11-7(5)13/h5H,4H2,1-3H3,(H2,10,11,12,13,14). The average Bonchev–Trinajstić information content (AvgIpc) is 1.95. The van der Waals surface area contributed by atoms with Gasteiger partial charge in [-0.05, 0) is 11.8 Å². The number of rotatable bonds is 1. The Balaban J connectivity index is 2.73. The fraction of sp³-hybridized carbons (Fsp3) is 0.667. The zero-order chi connectivity index (χ0) is 10.9. The predicted molar refractivity (Wildman–Crippen MR) is 49.2 cm³/mol. The largest absolute Gasteiger partial charge is 0.328 e. The van der Waals surface area contributed by atoms with Crippen molar-refractivity contribution in [3.63, 3.8) is 0 Å². The summed E-state index contributed by atoms with van der Waals surface area (Å²) in [7, 11) is 0. The Morgan fingerprint density at radius 3 is 1.86 bits per heavy atom. The molecule has 14 heavy (non-hydrogen) atoms. The van der Waals surface area contributed by atoms with Gasteiger partial charge in [0.2, 0.25) is 11.8 Å². The molecule has 1 saturated heterocycles. The van der Waals surface area contributed by atoms with Crippen LogP contribution in [-0.4, -0.2) is 17.8 Å². The molecule has 0 bridgehead atoms. The van der Waals surface area contributed by atoms with Crippen molar-refractivity contribution in [2.24, 2.45) is 11.3 Å². The number of nitrogens with one attached hydrogen (secondary N) is 2. The Morgan fingerprint density at radius 1 is 1.07 bits per heavy atom. The molecule has 0 aromatic heterocycles. The summed E-state index contributed by atoms with van der Waals surface area (Å²) in [6, 6.07) is -0.731. The van der Waals surface area contributed by atoms with Crippen LogP contribution in [0.1, 0.15) is 27.2 Å². The van der Waals surface area contributed by atoms with Crippen LogP contribution in [0, 0.1) is 11.3 Å². The molecule has 1 aliphatic heterocycles. The number of barbiturate groups is 1. The molecule has 0 aromatic carbocycles. The minimum absolute atomic E-state index is 0.125. The fourth-order valence-electron chi connectivity index (χ4n) is 1.35. The minimum atomic E-state index is -0.757. The highest BCUT2D eigenvalue weighted by atomic mass is 16.2. The summed E-state index contributed by atoms with van der Waals surface area (Å²) >= 11 is 0.